The van der Waals surface area contributed by atoms with Crippen LogP contribution >= 0.6 is 15.9 Å². The van der Waals surface area contributed by atoms with Gasteiger partial charge in [0, 0.05) is 24.4 Å². The summed E-state index contributed by atoms with van der Waals surface area (Å²) in [6, 6.07) is 18.3. The molecule has 120 valence electrons. The first-order valence-electron chi connectivity index (χ1n) is 7.79. The molecule has 2 aromatic carbocycles. The maximum Gasteiger partial charge on any atom is 0.188 e. The van der Waals surface area contributed by atoms with E-state index >= 15 is 0 Å². The first-order valence-corrected chi connectivity index (χ1v) is 8.91. The summed E-state index contributed by atoms with van der Waals surface area (Å²) >= 11 is 3.51. The highest BCUT2D eigenvalue weighted by molar-refractivity contribution is 9.09. The molecular formula is C18H20BrN3O. The fraction of sp³-hybridized carbons (Fsp3) is 0.333. The maximum absolute atomic E-state index is 6.07. The third kappa shape index (κ3) is 3.03. The molecule has 0 saturated heterocycles. The van der Waals surface area contributed by atoms with Crippen LogP contribution in [0, 0.1) is 0 Å². The number of rotatable bonds is 7. The molecule has 3 rings (SSSR count). The van der Waals surface area contributed by atoms with E-state index in [1.807, 2.05) is 47.1 Å². The zero-order valence-corrected chi connectivity index (χ0v) is 14.7. The molecule has 1 unspecified atom stereocenters. The van der Waals surface area contributed by atoms with Gasteiger partial charge in [0.25, 0.3) is 0 Å². The number of fused-ring (bicyclic) bond motifs is 1. The predicted octanol–water partition coefficient (Wildman–Crippen LogP) is 4.34. The van der Waals surface area contributed by atoms with Crippen molar-refractivity contribution >= 4 is 27.0 Å². The number of hydrogen-bond acceptors (Lipinski definition) is 3. The van der Waals surface area contributed by atoms with E-state index in [9.17, 15) is 0 Å². The molecule has 0 N–H and O–H groups in total. The molecule has 0 fully saturated rings. The summed E-state index contributed by atoms with van der Waals surface area (Å²) < 4.78 is 7.99. The van der Waals surface area contributed by atoms with Crippen molar-refractivity contribution in [2.75, 3.05) is 12.4 Å². The lowest BCUT2D eigenvalue weighted by Crippen LogP contribution is -2.38. The van der Waals surface area contributed by atoms with Crippen molar-refractivity contribution in [3.8, 4) is 0 Å². The van der Waals surface area contributed by atoms with Crippen LogP contribution in [-0.4, -0.2) is 27.4 Å². The van der Waals surface area contributed by atoms with E-state index < -0.39 is 5.72 Å². The number of ether oxygens (including phenoxy) is 1. The van der Waals surface area contributed by atoms with Crippen molar-refractivity contribution < 1.29 is 4.74 Å². The Morgan fingerprint density at radius 1 is 1.04 bits per heavy atom. The number of benzene rings is 2. The first-order chi connectivity index (χ1) is 11.3. The zero-order chi connectivity index (χ0) is 16.1. The number of hydrogen-bond donors (Lipinski definition) is 0. The Labute approximate surface area is 144 Å². The molecule has 0 aliphatic rings. The predicted molar refractivity (Wildman–Crippen MR) is 95.7 cm³/mol. The van der Waals surface area contributed by atoms with Crippen molar-refractivity contribution in [2.24, 2.45) is 0 Å². The molecule has 0 spiro atoms. The van der Waals surface area contributed by atoms with E-state index in [-0.39, 0.29) is 0 Å². The molecule has 23 heavy (non-hydrogen) atoms. The van der Waals surface area contributed by atoms with Crippen LogP contribution in [-0.2, 0) is 10.5 Å². The van der Waals surface area contributed by atoms with E-state index in [0.29, 0.717) is 0 Å². The highest BCUT2D eigenvalue weighted by Crippen LogP contribution is 2.34. The highest BCUT2D eigenvalue weighted by atomic mass is 79.9. The monoisotopic (exact) mass is 373 g/mol. The van der Waals surface area contributed by atoms with E-state index in [0.717, 1.165) is 41.2 Å². The van der Waals surface area contributed by atoms with Crippen LogP contribution in [0.2, 0.25) is 0 Å². The van der Waals surface area contributed by atoms with Gasteiger partial charge in [-0.3, -0.25) is 0 Å². The SMILES string of the molecule is COC(CCCCBr)(c1ccccc1)n1nnc2ccccc21. The lowest BCUT2D eigenvalue weighted by atomic mass is 9.96. The molecule has 0 radical (unpaired) electrons. The summed E-state index contributed by atoms with van der Waals surface area (Å²) in [5.74, 6) is 0. The van der Waals surface area contributed by atoms with Gasteiger partial charge in [-0.1, -0.05) is 63.6 Å². The van der Waals surface area contributed by atoms with Crippen LogP contribution < -0.4 is 0 Å². The largest absolute Gasteiger partial charge is 0.353 e. The minimum Gasteiger partial charge on any atom is -0.353 e. The zero-order valence-electron chi connectivity index (χ0n) is 13.2. The smallest absolute Gasteiger partial charge is 0.188 e. The number of aromatic nitrogens is 3. The van der Waals surface area contributed by atoms with Gasteiger partial charge < -0.3 is 4.74 Å². The van der Waals surface area contributed by atoms with E-state index in [2.05, 4.69) is 38.4 Å². The topological polar surface area (TPSA) is 39.9 Å². The molecule has 0 saturated carbocycles. The number of alkyl halides is 1. The van der Waals surface area contributed by atoms with Crippen molar-refractivity contribution in [1.29, 1.82) is 0 Å². The fourth-order valence-corrected chi connectivity index (χ4v) is 3.37. The fourth-order valence-electron chi connectivity index (χ4n) is 2.97. The van der Waals surface area contributed by atoms with Crippen molar-refractivity contribution in [1.82, 2.24) is 15.0 Å². The Balaban J connectivity index is 2.14. The van der Waals surface area contributed by atoms with Gasteiger partial charge in [0.05, 0.1) is 5.52 Å². The average Bonchev–Trinajstić information content (AvgIpc) is 3.04. The highest BCUT2D eigenvalue weighted by Gasteiger charge is 2.36. The number of methoxy groups -OCH3 is 1. The molecule has 1 atom stereocenters. The summed E-state index contributed by atoms with van der Waals surface area (Å²) in [5, 5.41) is 9.72. The molecule has 1 heterocycles. The molecule has 0 aliphatic heterocycles. The van der Waals surface area contributed by atoms with Crippen LogP contribution in [0.5, 0.6) is 0 Å². The second-order valence-corrected chi connectivity index (χ2v) is 6.28. The lowest BCUT2D eigenvalue weighted by Gasteiger charge is -2.33. The third-order valence-electron chi connectivity index (χ3n) is 4.16. The molecule has 0 bridgehead atoms. The molecule has 0 aliphatic carbocycles. The Morgan fingerprint density at radius 3 is 2.52 bits per heavy atom. The van der Waals surface area contributed by atoms with Gasteiger partial charge >= 0.3 is 0 Å². The Hall–Kier alpha value is -1.72. The van der Waals surface area contributed by atoms with Crippen LogP contribution in [0.3, 0.4) is 0 Å². The molecule has 0 amide bonds. The second-order valence-electron chi connectivity index (χ2n) is 5.49. The van der Waals surface area contributed by atoms with E-state index in [4.69, 9.17) is 4.74 Å². The summed E-state index contributed by atoms with van der Waals surface area (Å²) in [6.07, 6.45) is 2.96. The van der Waals surface area contributed by atoms with E-state index in [1.165, 1.54) is 0 Å². The average molecular weight is 374 g/mol. The van der Waals surface area contributed by atoms with Crippen molar-refractivity contribution in [2.45, 2.75) is 25.0 Å². The maximum atomic E-state index is 6.07. The summed E-state index contributed by atoms with van der Waals surface area (Å²) in [5.41, 5.74) is 2.31. The summed E-state index contributed by atoms with van der Waals surface area (Å²) in [6.45, 7) is 0. The minimum absolute atomic E-state index is 0.639. The Morgan fingerprint density at radius 2 is 1.78 bits per heavy atom. The second kappa shape index (κ2) is 7.23. The van der Waals surface area contributed by atoms with E-state index in [1.54, 1.807) is 7.11 Å². The van der Waals surface area contributed by atoms with Crippen molar-refractivity contribution in [3.63, 3.8) is 0 Å². The van der Waals surface area contributed by atoms with Crippen LogP contribution in [0.25, 0.3) is 11.0 Å². The Bertz CT molecular complexity index is 759. The first kappa shape index (κ1) is 16.1. The quantitative estimate of drug-likeness (QED) is 0.456. The number of halogens is 1. The molecular weight excluding hydrogens is 354 g/mol. The van der Waals surface area contributed by atoms with Gasteiger partial charge in [0.1, 0.15) is 5.52 Å². The molecule has 1 aromatic heterocycles. The molecule has 4 nitrogen and oxygen atoms in total. The van der Waals surface area contributed by atoms with Crippen LogP contribution in [0.1, 0.15) is 24.8 Å². The number of unbranched alkanes of at least 4 members (excludes halogenated alkanes) is 1. The van der Waals surface area contributed by atoms with Gasteiger partial charge in [-0.15, -0.1) is 5.10 Å². The van der Waals surface area contributed by atoms with Crippen molar-refractivity contribution in [3.05, 3.63) is 60.2 Å². The van der Waals surface area contributed by atoms with Gasteiger partial charge in [-0.25, -0.2) is 4.68 Å². The standard InChI is InChI=1S/C18H20BrN3O/c1-23-18(13-7-8-14-19,15-9-3-2-4-10-15)22-17-12-6-5-11-16(17)20-21-22/h2-6,9-12H,7-8,13-14H2,1H3. The lowest BCUT2D eigenvalue weighted by molar-refractivity contribution is -0.0571. The van der Waals surface area contributed by atoms with Gasteiger partial charge in [-0.2, -0.15) is 0 Å². The normalized spacial score (nSPS) is 14.0. The van der Waals surface area contributed by atoms with Gasteiger partial charge in [0.15, 0.2) is 5.72 Å². The minimum atomic E-state index is -0.639. The van der Waals surface area contributed by atoms with Gasteiger partial charge in [-0.05, 0) is 25.0 Å². The van der Waals surface area contributed by atoms with Gasteiger partial charge in [0.2, 0.25) is 0 Å². The van der Waals surface area contributed by atoms with Crippen LogP contribution in [0.15, 0.2) is 54.6 Å². The third-order valence-corrected chi connectivity index (χ3v) is 4.72. The summed E-state index contributed by atoms with van der Waals surface area (Å²) in [7, 11) is 1.75. The number of nitrogens with zero attached hydrogens (tertiary/aromatic N) is 3. The van der Waals surface area contributed by atoms with Crippen LogP contribution in [0.4, 0.5) is 0 Å². The molecule has 3 aromatic rings. The summed E-state index contributed by atoms with van der Waals surface area (Å²) in [4.78, 5) is 0. The number of para-hydroxylation sites is 1. The Kier molecular flexibility index (Phi) is 5.08. The molecule has 5 heteroatoms.